The van der Waals surface area contributed by atoms with E-state index in [1.807, 2.05) is 6.92 Å². The van der Waals surface area contributed by atoms with E-state index in [0.29, 0.717) is 6.42 Å². The van der Waals surface area contributed by atoms with Crippen LogP contribution in [0.5, 0.6) is 0 Å². The summed E-state index contributed by atoms with van der Waals surface area (Å²) in [5.74, 6) is -2.48. The number of carboxylic acids is 1. The van der Waals surface area contributed by atoms with Crippen LogP contribution in [-0.4, -0.2) is 51.9 Å². The fourth-order valence-corrected chi connectivity index (χ4v) is 3.52. The molecule has 0 aromatic carbocycles. The number of rotatable bonds is 5. The molecule has 1 heterocycles. The average Bonchev–Trinajstić information content (AvgIpc) is 2.72. The molecular formula is C16H25N3O5. The SMILES string of the molecule is CC(C)[C@H](NC(=O)CN1C(=O)NC2(CCCCC2C)C1=O)C(=O)O. The Hall–Kier alpha value is -2.12. The van der Waals surface area contributed by atoms with Crippen molar-refractivity contribution in [1.82, 2.24) is 15.5 Å². The third-order valence-electron chi connectivity index (χ3n) is 5.05. The first kappa shape index (κ1) is 18.2. The number of imide groups is 1. The van der Waals surface area contributed by atoms with Gasteiger partial charge in [0.2, 0.25) is 5.91 Å². The van der Waals surface area contributed by atoms with E-state index in [0.717, 1.165) is 24.2 Å². The van der Waals surface area contributed by atoms with Gasteiger partial charge in [-0.15, -0.1) is 0 Å². The smallest absolute Gasteiger partial charge is 0.326 e. The fourth-order valence-electron chi connectivity index (χ4n) is 3.52. The second kappa shape index (κ2) is 6.78. The molecule has 1 aliphatic carbocycles. The molecule has 8 heteroatoms. The Balaban J connectivity index is 2.07. The van der Waals surface area contributed by atoms with Crippen molar-refractivity contribution < 1.29 is 24.3 Å². The zero-order valence-electron chi connectivity index (χ0n) is 14.3. The summed E-state index contributed by atoms with van der Waals surface area (Å²) in [6, 6.07) is -1.64. The fraction of sp³-hybridized carbons (Fsp3) is 0.750. The Kier molecular flexibility index (Phi) is 5.15. The maximum absolute atomic E-state index is 12.7. The van der Waals surface area contributed by atoms with Gasteiger partial charge in [-0.25, -0.2) is 9.59 Å². The molecule has 0 bridgehead atoms. The molecule has 1 saturated carbocycles. The van der Waals surface area contributed by atoms with Gasteiger partial charge in [0.1, 0.15) is 18.1 Å². The monoisotopic (exact) mass is 339 g/mol. The number of carbonyl (C=O) groups is 4. The van der Waals surface area contributed by atoms with Crippen LogP contribution in [0.1, 0.15) is 46.5 Å². The van der Waals surface area contributed by atoms with Gasteiger partial charge in [0.05, 0.1) is 0 Å². The molecule has 1 spiro atoms. The van der Waals surface area contributed by atoms with E-state index in [4.69, 9.17) is 5.11 Å². The lowest BCUT2D eigenvalue weighted by molar-refractivity contribution is -0.143. The van der Waals surface area contributed by atoms with Gasteiger partial charge in [-0.05, 0) is 24.7 Å². The lowest BCUT2D eigenvalue weighted by Gasteiger charge is -2.36. The van der Waals surface area contributed by atoms with Gasteiger partial charge in [-0.2, -0.15) is 0 Å². The van der Waals surface area contributed by atoms with Crippen molar-refractivity contribution in [1.29, 1.82) is 0 Å². The average molecular weight is 339 g/mol. The van der Waals surface area contributed by atoms with E-state index in [2.05, 4.69) is 10.6 Å². The number of carboxylic acid groups (broad SMARTS) is 1. The summed E-state index contributed by atoms with van der Waals surface area (Å²) in [6.45, 7) is 4.81. The highest BCUT2D eigenvalue weighted by atomic mass is 16.4. The van der Waals surface area contributed by atoms with Crippen LogP contribution in [0, 0.1) is 11.8 Å². The summed E-state index contributed by atoms with van der Waals surface area (Å²) >= 11 is 0. The molecule has 1 aliphatic heterocycles. The highest BCUT2D eigenvalue weighted by molar-refractivity contribution is 6.09. The molecule has 2 fully saturated rings. The number of amides is 4. The molecule has 0 aromatic heterocycles. The molecule has 3 N–H and O–H groups in total. The van der Waals surface area contributed by atoms with Crippen LogP contribution in [0.25, 0.3) is 0 Å². The molecule has 3 atom stereocenters. The quantitative estimate of drug-likeness (QED) is 0.638. The number of carbonyl (C=O) groups excluding carboxylic acids is 3. The maximum Gasteiger partial charge on any atom is 0.326 e. The number of aliphatic carboxylic acids is 1. The van der Waals surface area contributed by atoms with Crippen molar-refractivity contribution in [2.45, 2.75) is 58.0 Å². The molecule has 1 saturated heterocycles. The normalized spacial score (nSPS) is 28.2. The van der Waals surface area contributed by atoms with Crippen LogP contribution < -0.4 is 10.6 Å². The van der Waals surface area contributed by atoms with Crippen LogP contribution in [0.3, 0.4) is 0 Å². The lowest BCUT2D eigenvalue weighted by Crippen LogP contribution is -2.54. The second-order valence-electron chi connectivity index (χ2n) is 7.07. The van der Waals surface area contributed by atoms with Gasteiger partial charge in [0.25, 0.3) is 5.91 Å². The van der Waals surface area contributed by atoms with E-state index in [9.17, 15) is 19.2 Å². The Morgan fingerprint density at radius 3 is 2.58 bits per heavy atom. The highest BCUT2D eigenvalue weighted by Gasteiger charge is 2.55. The standard InChI is InChI=1S/C16H25N3O5/c1-9(2)12(13(21)22)17-11(20)8-19-14(23)16(18-15(19)24)7-5-4-6-10(16)3/h9-10,12H,4-8H2,1-3H3,(H,17,20)(H,18,24)(H,21,22)/t10?,12-,16?/m0/s1. The number of urea groups is 1. The van der Waals surface area contributed by atoms with Gasteiger partial charge < -0.3 is 15.7 Å². The molecule has 0 aromatic rings. The molecule has 2 unspecified atom stereocenters. The minimum Gasteiger partial charge on any atom is -0.480 e. The van der Waals surface area contributed by atoms with Gasteiger partial charge in [0.15, 0.2) is 0 Å². The summed E-state index contributed by atoms with van der Waals surface area (Å²) < 4.78 is 0. The van der Waals surface area contributed by atoms with Crippen molar-refractivity contribution in [2.24, 2.45) is 11.8 Å². The van der Waals surface area contributed by atoms with Crippen LogP contribution >= 0.6 is 0 Å². The van der Waals surface area contributed by atoms with Crippen molar-refractivity contribution in [3.63, 3.8) is 0 Å². The number of nitrogens with zero attached hydrogens (tertiary/aromatic N) is 1. The Bertz CT molecular complexity index is 562. The van der Waals surface area contributed by atoms with Crippen LogP contribution in [-0.2, 0) is 14.4 Å². The van der Waals surface area contributed by atoms with Gasteiger partial charge in [0, 0.05) is 0 Å². The first-order chi connectivity index (χ1) is 11.2. The number of hydrogen-bond acceptors (Lipinski definition) is 4. The van der Waals surface area contributed by atoms with E-state index in [1.54, 1.807) is 13.8 Å². The predicted octanol–water partition coefficient (Wildman–Crippen LogP) is 0.713. The summed E-state index contributed by atoms with van der Waals surface area (Å²) in [4.78, 5) is 49.1. The van der Waals surface area contributed by atoms with Crippen LogP contribution in [0.2, 0.25) is 0 Å². The van der Waals surface area contributed by atoms with Crippen LogP contribution in [0.4, 0.5) is 4.79 Å². The molecular weight excluding hydrogens is 314 g/mol. The van der Waals surface area contributed by atoms with Crippen molar-refractivity contribution in [3.8, 4) is 0 Å². The largest absolute Gasteiger partial charge is 0.480 e. The molecule has 2 aliphatic rings. The topological polar surface area (TPSA) is 116 Å². The van der Waals surface area contributed by atoms with Crippen molar-refractivity contribution >= 4 is 23.8 Å². The number of nitrogens with one attached hydrogen (secondary N) is 2. The van der Waals surface area contributed by atoms with Gasteiger partial charge in [-0.1, -0.05) is 33.6 Å². The van der Waals surface area contributed by atoms with Crippen molar-refractivity contribution in [2.75, 3.05) is 6.54 Å². The predicted molar refractivity (Wildman–Crippen MR) is 85.0 cm³/mol. The van der Waals surface area contributed by atoms with Crippen molar-refractivity contribution in [3.05, 3.63) is 0 Å². The molecule has 4 amide bonds. The molecule has 24 heavy (non-hydrogen) atoms. The first-order valence-electron chi connectivity index (χ1n) is 8.35. The summed E-state index contributed by atoms with van der Waals surface area (Å²) in [7, 11) is 0. The summed E-state index contributed by atoms with van der Waals surface area (Å²) in [5, 5.41) is 14.3. The zero-order chi connectivity index (χ0) is 18.1. The minimum atomic E-state index is -1.15. The maximum atomic E-state index is 12.7. The highest BCUT2D eigenvalue weighted by Crippen LogP contribution is 2.38. The van der Waals surface area contributed by atoms with Gasteiger partial charge in [-0.3, -0.25) is 14.5 Å². The zero-order valence-corrected chi connectivity index (χ0v) is 14.3. The second-order valence-corrected chi connectivity index (χ2v) is 7.07. The summed E-state index contributed by atoms with van der Waals surface area (Å²) in [6.07, 6.45) is 3.28. The third kappa shape index (κ3) is 3.22. The van der Waals surface area contributed by atoms with E-state index in [1.165, 1.54) is 0 Å². The minimum absolute atomic E-state index is 0.0122. The van der Waals surface area contributed by atoms with Gasteiger partial charge >= 0.3 is 12.0 Å². The number of hydrogen-bond donors (Lipinski definition) is 3. The molecule has 134 valence electrons. The Morgan fingerprint density at radius 2 is 2.04 bits per heavy atom. The van der Waals surface area contributed by atoms with Crippen LogP contribution in [0.15, 0.2) is 0 Å². The molecule has 8 nitrogen and oxygen atoms in total. The molecule has 0 radical (unpaired) electrons. The lowest BCUT2D eigenvalue weighted by atomic mass is 9.73. The van der Waals surface area contributed by atoms with E-state index >= 15 is 0 Å². The van der Waals surface area contributed by atoms with E-state index in [-0.39, 0.29) is 17.7 Å². The van der Waals surface area contributed by atoms with E-state index < -0.39 is 36.0 Å². The Labute approximate surface area is 141 Å². The summed E-state index contributed by atoms with van der Waals surface area (Å²) in [5.41, 5.74) is -0.917. The molecule has 2 rings (SSSR count). The first-order valence-corrected chi connectivity index (χ1v) is 8.35. The Morgan fingerprint density at radius 1 is 1.38 bits per heavy atom. The third-order valence-corrected chi connectivity index (χ3v) is 5.05.